The molecule has 0 aliphatic carbocycles. The van der Waals surface area contributed by atoms with Gasteiger partial charge in [-0.2, -0.15) is 0 Å². The Bertz CT molecular complexity index is 567. The first kappa shape index (κ1) is 14.5. The molecule has 3 nitrogen and oxygen atoms in total. The summed E-state index contributed by atoms with van der Waals surface area (Å²) in [5.41, 5.74) is 5.10. The first-order valence-electron chi connectivity index (χ1n) is 6.95. The lowest BCUT2D eigenvalue weighted by atomic mass is 10.1. The molecule has 0 saturated carbocycles. The van der Waals surface area contributed by atoms with Crippen LogP contribution in [0.25, 0.3) is 0 Å². The largest absolute Gasteiger partial charge is 0.496 e. The van der Waals surface area contributed by atoms with E-state index in [-0.39, 0.29) is 0 Å². The van der Waals surface area contributed by atoms with E-state index >= 15 is 0 Å². The molecule has 3 heteroatoms. The molecule has 1 heterocycles. The van der Waals surface area contributed by atoms with Crippen molar-refractivity contribution in [1.29, 1.82) is 0 Å². The number of nitrogens with one attached hydrogen (secondary N) is 1. The van der Waals surface area contributed by atoms with Crippen molar-refractivity contribution in [2.75, 3.05) is 13.7 Å². The number of aromatic nitrogens is 1. The average molecular weight is 270 g/mol. The fourth-order valence-corrected chi connectivity index (χ4v) is 2.31. The quantitative estimate of drug-likeness (QED) is 0.819. The van der Waals surface area contributed by atoms with E-state index in [1.54, 1.807) is 7.11 Å². The summed E-state index contributed by atoms with van der Waals surface area (Å²) in [4.78, 5) is 4.12. The molecule has 0 fully saturated rings. The van der Waals surface area contributed by atoms with Gasteiger partial charge in [0.25, 0.3) is 0 Å². The molecule has 0 radical (unpaired) electrons. The second kappa shape index (κ2) is 7.06. The van der Waals surface area contributed by atoms with Crippen LogP contribution in [-0.4, -0.2) is 18.6 Å². The summed E-state index contributed by atoms with van der Waals surface area (Å²) in [5.74, 6) is 0.956. The maximum Gasteiger partial charge on any atom is 0.123 e. The zero-order valence-corrected chi connectivity index (χ0v) is 12.4. The Hall–Kier alpha value is -1.87. The van der Waals surface area contributed by atoms with Crippen LogP contribution in [0.3, 0.4) is 0 Å². The first-order valence-corrected chi connectivity index (χ1v) is 6.95. The number of hydrogen-bond donors (Lipinski definition) is 1. The lowest BCUT2D eigenvalue weighted by Crippen LogP contribution is -2.18. The van der Waals surface area contributed by atoms with Crippen LogP contribution in [0.4, 0.5) is 0 Å². The van der Waals surface area contributed by atoms with Gasteiger partial charge in [0.1, 0.15) is 5.75 Å². The van der Waals surface area contributed by atoms with E-state index in [0.717, 1.165) is 25.3 Å². The van der Waals surface area contributed by atoms with Gasteiger partial charge in [0.15, 0.2) is 0 Å². The first-order chi connectivity index (χ1) is 9.72. The van der Waals surface area contributed by atoms with E-state index in [2.05, 4.69) is 36.3 Å². The molecule has 1 N–H and O–H groups in total. The van der Waals surface area contributed by atoms with E-state index in [0.29, 0.717) is 0 Å². The Morgan fingerprint density at radius 3 is 2.75 bits per heavy atom. The summed E-state index contributed by atoms with van der Waals surface area (Å²) in [5, 5.41) is 3.49. The molecular weight excluding hydrogens is 248 g/mol. The number of benzene rings is 1. The lowest BCUT2D eigenvalue weighted by molar-refractivity contribution is 0.407. The molecule has 2 aromatic rings. The van der Waals surface area contributed by atoms with Gasteiger partial charge in [0.05, 0.1) is 7.11 Å². The van der Waals surface area contributed by atoms with E-state index in [1.165, 1.54) is 22.3 Å². The number of aryl methyl sites for hydroxylation is 2. The highest BCUT2D eigenvalue weighted by Crippen LogP contribution is 2.21. The number of pyridine rings is 1. The molecule has 20 heavy (non-hydrogen) atoms. The molecule has 0 bridgehead atoms. The van der Waals surface area contributed by atoms with Crippen molar-refractivity contribution >= 4 is 0 Å². The predicted molar refractivity (Wildman–Crippen MR) is 82.1 cm³/mol. The Balaban J connectivity index is 1.89. The Morgan fingerprint density at radius 1 is 1.15 bits per heavy atom. The van der Waals surface area contributed by atoms with Gasteiger partial charge in [-0.05, 0) is 55.6 Å². The van der Waals surface area contributed by atoms with Gasteiger partial charge < -0.3 is 10.1 Å². The maximum atomic E-state index is 5.41. The predicted octanol–water partition coefficient (Wildman–Crippen LogP) is 3.04. The van der Waals surface area contributed by atoms with E-state index in [1.807, 2.05) is 24.5 Å². The molecule has 0 amide bonds. The topological polar surface area (TPSA) is 34.1 Å². The third kappa shape index (κ3) is 3.58. The van der Waals surface area contributed by atoms with Crippen molar-refractivity contribution in [2.24, 2.45) is 0 Å². The summed E-state index contributed by atoms with van der Waals surface area (Å²) >= 11 is 0. The summed E-state index contributed by atoms with van der Waals surface area (Å²) in [6.07, 6.45) is 4.79. The highest BCUT2D eigenvalue weighted by atomic mass is 16.5. The van der Waals surface area contributed by atoms with Crippen LogP contribution in [0, 0.1) is 13.8 Å². The Morgan fingerprint density at radius 2 is 2.00 bits per heavy atom. The molecule has 0 aliphatic heterocycles. The Kier molecular flexibility index (Phi) is 5.13. The van der Waals surface area contributed by atoms with Gasteiger partial charge in [-0.1, -0.05) is 12.1 Å². The molecule has 2 rings (SSSR count). The van der Waals surface area contributed by atoms with E-state index in [4.69, 9.17) is 4.74 Å². The molecule has 0 unspecified atom stereocenters. The summed E-state index contributed by atoms with van der Waals surface area (Å²) in [6.45, 7) is 6.00. The summed E-state index contributed by atoms with van der Waals surface area (Å²) in [7, 11) is 1.72. The molecular formula is C17H22N2O. The van der Waals surface area contributed by atoms with Gasteiger partial charge in [-0.15, -0.1) is 0 Å². The molecule has 1 aromatic heterocycles. The average Bonchev–Trinajstić information content (AvgIpc) is 2.46. The summed E-state index contributed by atoms with van der Waals surface area (Å²) < 4.78 is 5.41. The van der Waals surface area contributed by atoms with Crippen LogP contribution in [0.5, 0.6) is 5.75 Å². The van der Waals surface area contributed by atoms with Gasteiger partial charge >= 0.3 is 0 Å². The highest BCUT2D eigenvalue weighted by molar-refractivity contribution is 5.39. The normalized spacial score (nSPS) is 10.6. The smallest absolute Gasteiger partial charge is 0.123 e. The standard InChI is InChI=1S/C17H22N2O/c1-13-5-4-6-17(20-3)16(13)12-19-10-8-15-7-9-18-11-14(15)2/h4-7,9,11,19H,8,10,12H2,1-3H3. The number of hydrogen-bond acceptors (Lipinski definition) is 3. The van der Waals surface area contributed by atoms with Crippen LogP contribution in [-0.2, 0) is 13.0 Å². The van der Waals surface area contributed by atoms with Crippen molar-refractivity contribution in [3.8, 4) is 5.75 Å². The van der Waals surface area contributed by atoms with Crippen molar-refractivity contribution in [2.45, 2.75) is 26.8 Å². The lowest BCUT2D eigenvalue weighted by Gasteiger charge is -2.12. The van der Waals surface area contributed by atoms with Crippen LogP contribution < -0.4 is 10.1 Å². The third-order valence-corrected chi connectivity index (χ3v) is 3.60. The van der Waals surface area contributed by atoms with Crippen LogP contribution in [0.2, 0.25) is 0 Å². The van der Waals surface area contributed by atoms with Gasteiger partial charge in [0, 0.05) is 24.5 Å². The monoisotopic (exact) mass is 270 g/mol. The third-order valence-electron chi connectivity index (χ3n) is 3.60. The van der Waals surface area contributed by atoms with E-state index < -0.39 is 0 Å². The van der Waals surface area contributed by atoms with Crippen LogP contribution >= 0.6 is 0 Å². The van der Waals surface area contributed by atoms with Crippen molar-refractivity contribution in [1.82, 2.24) is 10.3 Å². The highest BCUT2D eigenvalue weighted by Gasteiger charge is 2.05. The minimum absolute atomic E-state index is 0.833. The fourth-order valence-electron chi connectivity index (χ4n) is 2.31. The van der Waals surface area contributed by atoms with Crippen molar-refractivity contribution in [3.63, 3.8) is 0 Å². The second-order valence-corrected chi connectivity index (χ2v) is 4.98. The summed E-state index contributed by atoms with van der Waals surface area (Å²) in [6, 6.07) is 8.24. The molecule has 0 saturated heterocycles. The van der Waals surface area contributed by atoms with E-state index in [9.17, 15) is 0 Å². The van der Waals surface area contributed by atoms with Gasteiger partial charge in [-0.25, -0.2) is 0 Å². The number of methoxy groups -OCH3 is 1. The molecule has 1 aromatic carbocycles. The zero-order chi connectivity index (χ0) is 14.4. The molecule has 0 aliphatic rings. The van der Waals surface area contributed by atoms with Gasteiger partial charge in [0.2, 0.25) is 0 Å². The molecule has 0 spiro atoms. The fraction of sp³-hybridized carbons (Fsp3) is 0.353. The zero-order valence-electron chi connectivity index (χ0n) is 12.4. The maximum absolute atomic E-state index is 5.41. The second-order valence-electron chi connectivity index (χ2n) is 4.98. The van der Waals surface area contributed by atoms with Crippen molar-refractivity contribution in [3.05, 3.63) is 58.9 Å². The van der Waals surface area contributed by atoms with Crippen LogP contribution in [0.1, 0.15) is 22.3 Å². The van der Waals surface area contributed by atoms with Crippen LogP contribution in [0.15, 0.2) is 36.7 Å². The molecule has 106 valence electrons. The van der Waals surface area contributed by atoms with Crippen molar-refractivity contribution < 1.29 is 4.74 Å². The Labute approximate surface area is 121 Å². The number of ether oxygens (including phenoxy) is 1. The number of nitrogens with zero attached hydrogens (tertiary/aromatic N) is 1. The SMILES string of the molecule is COc1cccc(C)c1CNCCc1ccncc1C. The minimum Gasteiger partial charge on any atom is -0.496 e. The molecule has 0 atom stereocenters. The number of rotatable bonds is 6. The van der Waals surface area contributed by atoms with Gasteiger partial charge in [-0.3, -0.25) is 4.98 Å². The minimum atomic E-state index is 0.833.